The molecule has 0 aliphatic carbocycles. The van der Waals surface area contributed by atoms with Crippen LogP contribution in [-0.2, 0) is 13.0 Å². The summed E-state index contributed by atoms with van der Waals surface area (Å²) in [7, 11) is 0. The molecule has 148 valence electrons. The Kier molecular flexibility index (Phi) is 5.37. The van der Waals surface area contributed by atoms with Gasteiger partial charge in [0.15, 0.2) is 0 Å². The first-order valence-corrected chi connectivity index (χ1v) is 9.52. The highest BCUT2D eigenvalue weighted by atomic mass is 19.1. The van der Waals surface area contributed by atoms with Gasteiger partial charge in [0.2, 0.25) is 11.8 Å². The number of ether oxygens (including phenoxy) is 1. The molecule has 0 atom stereocenters. The first-order chi connectivity index (χ1) is 14.1. The highest BCUT2D eigenvalue weighted by Crippen LogP contribution is 2.23. The number of rotatable bonds is 7. The molecule has 4 rings (SSSR count). The summed E-state index contributed by atoms with van der Waals surface area (Å²) >= 11 is 0. The molecule has 7 heteroatoms. The maximum absolute atomic E-state index is 14.6. The topological polar surface area (TPSA) is 75.7 Å². The molecule has 0 saturated heterocycles. The minimum atomic E-state index is -0.485. The number of aryl methyl sites for hydroxylation is 1. The molecule has 4 aromatic rings. The van der Waals surface area contributed by atoms with Crippen molar-refractivity contribution in [2.75, 3.05) is 11.9 Å². The van der Waals surface area contributed by atoms with E-state index in [4.69, 9.17) is 4.74 Å². The standard InChI is InChI=1S/C22H22FN5O/c1-3-29-22-16(5-4-8-24-22)12-25-19-7-6-15(20(23)28-19)10-17-13-27-21-18(17)9-14(2)11-26-21/h4-9,11,13H,3,10,12H2,1-2H3,(H,25,28)(H,26,27). The van der Waals surface area contributed by atoms with Crippen LogP contribution in [0.2, 0.25) is 0 Å². The summed E-state index contributed by atoms with van der Waals surface area (Å²) < 4.78 is 20.2. The predicted molar refractivity (Wildman–Crippen MR) is 111 cm³/mol. The molecule has 0 radical (unpaired) electrons. The first-order valence-electron chi connectivity index (χ1n) is 9.52. The van der Waals surface area contributed by atoms with Gasteiger partial charge in [-0.05, 0) is 43.2 Å². The number of anilines is 1. The number of aromatic nitrogens is 4. The molecule has 4 aromatic heterocycles. The molecule has 0 aliphatic heterocycles. The molecule has 0 aliphatic rings. The summed E-state index contributed by atoms with van der Waals surface area (Å²) in [6.45, 7) is 4.88. The van der Waals surface area contributed by atoms with Gasteiger partial charge in [0.05, 0.1) is 6.61 Å². The van der Waals surface area contributed by atoms with E-state index in [1.807, 2.05) is 38.4 Å². The van der Waals surface area contributed by atoms with Gasteiger partial charge in [-0.1, -0.05) is 12.1 Å². The van der Waals surface area contributed by atoms with E-state index >= 15 is 0 Å². The number of hydrogen-bond donors (Lipinski definition) is 2. The van der Waals surface area contributed by atoms with Crippen LogP contribution >= 0.6 is 0 Å². The van der Waals surface area contributed by atoms with Crippen molar-refractivity contribution < 1.29 is 9.13 Å². The van der Waals surface area contributed by atoms with Crippen molar-refractivity contribution in [1.29, 1.82) is 0 Å². The number of H-pyrrole nitrogens is 1. The average Bonchev–Trinajstić information content (AvgIpc) is 3.11. The van der Waals surface area contributed by atoms with Crippen LogP contribution in [0.15, 0.2) is 48.9 Å². The molecule has 0 saturated carbocycles. The Balaban J connectivity index is 1.49. The Morgan fingerprint density at radius 1 is 1.14 bits per heavy atom. The number of pyridine rings is 3. The van der Waals surface area contributed by atoms with Crippen LogP contribution in [0, 0.1) is 12.9 Å². The number of nitrogens with zero attached hydrogens (tertiary/aromatic N) is 3. The third-order valence-electron chi connectivity index (χ3n) is 4.65. The Bertz CT molecular complexity index is 1140. The van der Waals surface area contributed by atoms with E-state index in [2.05, 4.69) is 31.3 Å². The molecule has 0 aromatic carbocycles. The highest BCUT2D eigenvalue weighted by Gasteiger charge is 2.11. The molecular weight excluding hydrogens is 369 g/mol. The lowest BCUT2D eigenvalue weighted by atomic mass is 10.1. The van der Waals surface area contributed by atoms with Gasteiger partial charge in [-0.25, -0.2) is 15.0 Å². The van der Waals surface area contributed by atoms with E-state index in [0.717, 1.165) is 27.7 Å². The predicted octanol–water partition coefficient (Wildman–Crippen LogP) is 4.40. The van der Waals surface area contributed by atoms with Crippen LogP contribution in [0.1, 0.15) is 29.2 Å². The molecule has 2 N–H and O–H groups in total. The van der Waals surface area contributed by atoms with Crippen molar-refractivity contribution in [3.05, 3.63) is 77.1 Å². The summed E-state index contributed by atoms with van der Waals surface area (Å²) in [5.74, 6) is 0.554. The van der Waals surface area contributed by atoms with Crippen LogP contribution in [-0.4, -0.2) is 26.5 Å². The van der Waals surface area contributed by atoms with Gasteiger partial charge in [0.25, 0.3) is 0 Å². The Morgan fingerprint density at radius 2 is 2.03 bits per heavy atom. The van der Waals surface area contributed by atoms with Crippen molar-refractivity contribution in [2.45, 2.75) is 26.8 Å². The normalized spacial score (nSPS) is 11.0. The van der Waals surface area contributed by atoms with Crippen LogP contribution < -0.4 is 10.1 Å². The number of aromatic amines is 1. The summed E-state index contributed by atoms with van der Waals surface area (Å²) in [5, 5.41) is 4.14. The van der Waals surface area contributed by atoms with Gasteiger partial charge in [-0.3, -0.25) is 0 Å². The lowest BCUT2D eigenvalue weighted by Gasteiger charge is -2.11. The quantitative estimate of drug-likeness (QED) is 0.457. The monoisotopic (exact) mass is 391 g/mol. The molecule has 0 fully saturated rings. The van der Waals surface area contributed by atoms with E-state index in [9.17, 15) is 4.39 Å². The summed E-state index contributed by atoms with van der Waals surface area (Å²) in [5.41, 5.74) is 4.29. The van der Waals surface area contributed by atoms with Gasteiger partial charge in [-0.2, -0.15) is 4.39 Å². The molecule has 0 bridgehead atoms. The maximum Gasteiger partial charge on any atom is 0.218 e. The van der Waals surface area contributed by atoms with E-state index in [1.165, 1.54) is 0 Å². The van der Waals surface area contributed by atoms with Gasteiger partial charge in [0, 0.05) is 48.1 Å². The summed E-state index contributed by atoms with van der Waals surface area (Å²) in [4.78, 5) is 15.8. The van der Waals surface area contributed by atoms with Crippen LogP contribution in [0.3, 0.4) is 0 Å². The lowest BCUT2D eigenvalue weighted by molar-refractivity contribution is 0.323. The van der Waals surface area contributed by atoms with Gasteiger partial charge < -0.3 is 15.0 Å². The molecular formula is C22H22FN5O. The zero-order valence-corrected chi connectivity index (χ0v) is 16.4. The Morgan fingerprint density at radius 3 is 2.86 bits per heavy atom. The van der Waals surface area contributed by atoms with Crippen LogP contribution in [0.4, 0.5) is 10.2 Å². The second-order valence-electron chi connectivity index (χ2n) is 6.80. The minimum Gasteiger partial charge on any atom is -0.478 e. The Hall–Kier alpha value is -3.48. The zero-order valence-electron chi connectivity index (χ0n) is 16.4. The van der Waals surface area contributed by atoms with Crippen molar-refractivity contribution in [2.24, 2.45) is 0 Å². The van der Waals surface area contributed by atoms with Crippen molar-refractivity contribution in [3.63, 3.8) is 0 Å². The lowest BCUT2D eigenvalue weighted by Crippen LogP contribution is -2.07. The van der Waals surface area contributed by atoms with E-state index < -0.39 is 5.95 Å². The largest absolute Gasteiger partial charge is 0.478 e. The van der Waals surface area contributed by atoms with Crippen molar-refractivity contribution in [1.82, 2.24) is 19.9 Å². The average molecular weight is 391 g/mol. The van der Waals surface area contributed by atoms with Gasteiger partial charge in [0.1, 0.15) is 11.5 Å². The maximum atomic E-state index is 14.6. The number of fused-ring (bicyclic) bond motifs is 1. The molecule has 0 unspecified atom stereocenters. The fourth-order valence-electron chi connectivity index (χ4n) is 3.22. The van der Waals surface area contributed by atoms with E-state index in [-0.39, 0.29) is 0 Å². The second kappa shape index (κ2) is 8.26. The first kappa shape index (κ1) is 18.9. The van der Waals surface area contributed by atoms with Gasteiger partial charge >= 0.3 is 0 Å². The zero-order chi connectivity index (χ0) is 20.2. The van der Waals surface area contributed by atoms with E-state index in [0.29, 0.717) is 36.8 Å². The third-order valence-corrected chi connectivity index (χ3v) is 4.65. The third kappa shape index (κ3) is 4.18. The smallest absolute Gasteiger partial charge is 0.218 e. The number of nitrogens with one attached hydrogen (secondary N) is 2. The molecule has 6 nitrogen and oxygen atoms in total. The molecule has 0 amide bonds. The fourth-order valence-corrected chi connectivity index (χ4v) is 3.22. The second-order valence-corrected chi connectivity index (χ2v) is 6.80. The molecule has 29 heavy (non-hydrogen) atoms. The van der Waals surface area contributed by atoms with Crippen LogP contribution in [0.25, 0.3) is 11.0 Å². The van der Waals surface area contributed by atoms with Crippen LogP contribution in [0.5, 0.6) is 5.88 Å². The van der Waals surface area contributed by atoms with Crippen molar-refractivity contribution >= 4 is 16.9 Å². The summed E-state index contributed by atoms with van der Waals surface area (Å²) in [6, 6.07) is 9.36. The number of halogens is 1. The minimum absolute atomic E-state index is 0.446. The Labute approximate surface area is 168 Å². The van der Waals surface area contributed by atoms with E-state index in [1.54, 1.807) is 18.3 Å². The SMILES string of the molecule is CCOc1ncccc1CNc1ccc(Cc2c[nH]c3ncc(C)cc23)c(F)n1. The highest BCUT2D eigenvalue weighted by molar-refractivity contribution is 5.80. The summed E-state index contributed by atoms with van der Waals surface area (Å²) in [6.07, 6.45) is 5.81. The molecule has 0 spiro atoms. The van der Waals surface area contributed by atoms with Gasteiger partial charge in [-0.15, -0.1) is 0 Å². The number of hydrogen-bond acceptors (Lipinski definition) is 5. The molecule has 4 heterocycles. The fraction of sp³-hybridized carbons (Fsp3) is 0.227. The van der Waals surface area contributed by atoms with Crippen molar-refractivity contribution in [3.8, 4) is 5.88 Å².